The molecule has 4 N–H and O–H groups in total. The van der Waals surface area contributed by atoms with Crippen LogP contribution in [0.25, 0.3) is 11.3 Å². The highest BCUT2D eigenvalue weighted by Crippen LogP contribution is 2.42. The first-order valence-corrected chi connectivity index (χ1v) is 11.4. The monoisotopic (exact) mass is 493 g/mol. The van der Waals surface area contributed by atoms with Crippen molar-refractivity contribution >= 4 is 23.2 Å². The summed E-state index contributed by atoms with van der Waals surface area (Å²) >= 11 is 0. The Hall–Kier alpha value is -4.34. The van der Waals surface area contributed by atoms with E-state index in [4.69, 9.17) is 9.47 Å². The van der Waals surface area contributed by atoms with Crippen molar-refractivity contribution in [1.82, 2.24) is 20.6 Å². The first kappa shape index (κ1) is 24.8. The Labute approximate surface area is 208 Å². The molecule has 188 valence electrons. The van der Waals surface area contributed by atoms with Crippen LogP contribution in [0.1, 0.15) is 29.9 Å². The predicted octanol–water partition coefficient (Wildman–Crippen LogP) is 3.71. The van der Waals surface area contributed by atoms with Crippen LogP contribution in [0.15, 0.2) is 49.3 Å². The number of halogens is 1. The number of H-pyrrole nitrogens is 1. The number of fused-ring (bicyclic) bond motifs is 1. The second-order valence-corrected chi connectivity index (χ2v) is 8.92. The van der Waals surface area contributed by atoms with E-state index in [-0.39, 0.29) is 24.2 Å². The van der Waals surface area contributed by atoms with Crippen LogP contribution in [0.3, 0.4) is 0 Å². The van der Waals surface area contributed by atoms with Gasteiger partial charge in [-0.25, -0.2) is 4.39 Å². The van der Waals surface area contributed by atoms with Crippen LogP contribution >= 0.6 is 0 Å². The van der Waals surface area contributed by atoms with Crippen molar-refractivity contribution in [1.29, 1.82) is 0 Å². The van der Waals surface area contributed by atoms with E-state index in [0.29, 0.717) is 46.9 Å². The zero-order valence-corrected chi connectivity index (χ0v) is 20.3. The summed E-state index contributed by atoms with van der Waals surface area (Å²) < 4.78 is 25.7. The molecular weight excluding hydrogens is 465 g/mol. The number of hydrogen-bond donors (Lipinski definition) is 4. The number of methoxy groups -OCH3 is 1. The number of carbonyl (C=O) groups is 2. The topological polar surface area (TPSA) is 117 Å². The van der Waals surface area contributed by atoms with Crippen molar-refractivity contribution < 1.29 is 23.5 Å². The summed E-state index contributed by atoms with van der Waals surface area (Å²) in [5.74, 6) is -0.628. The third kappa shape index (κ3) is 5.02. The molecule has 9 nitrogen and oxygen atoms in total. The third-order valence-corrected chi connectivity index (χ3v) is 5.69. The fourth-order valence-corrected chi connectivity index (χ4v) is 4.04. The molecule has 0 radical (unpaired) electrons. The minimum atomic E-state index is -0.691. The largest absolute Gasteiger partial charge is 0.492 e. The van der Waals surface area contributed by atoms with Crippen molar-refractivity contribution in [3.05, 3.63) is 66.4 Å². The zero-order chi connectivity index (χ0) is 25.9. The van der Waals surface area contributed by atoms with E-state index >= 15 is 0 Å². The van der Waals surface area contributed by atoms with Gasteiger partial charge < -0.3 is 30.4 Å². The molecule has 0 spiro atoms. The quantitative estimate of drug-likeness (QED) is 0.338. The number of aromatic amines is 1. The molecule has 2 aromatic heterocycles. The van der Waals surface area contributed by atoms with Crippen LogP contribution < -0.4 is 25.4 Å². The fraction of sp³-hybridized carbons (Fsp3) is 0.269. The van der Waals surface area contributed by atoms with Gasteiger partial charge in [-0.15, -0.1) is 0 Å². The first-order valence-electron chi connectivity index (χ1n) is 11.4. The van der Waals surface area contributed by atoms with Crippen LogP contribution in [-0.2, 0) is 11.2 Å². The molecule has 0 bridgehead atoms. The number of aromatic nitrogens is 2. The van der Waals surface area contributed by atoms with E-state index in [1.54, 1.807) is 30.6 Å². The molecule has 36 heavy (non-hydrogen) atoms. The maximum absolute atomic E-state index is 14.4. The van der Waals surface area contributed by atoms with Gasteiger partial charge in [-0.05, 0) is 38.1 Å². The fourth-order valence-electron chi connectivity index (χ4n) is 4.04. The number of hydrogen-bond acceptors (Lipinski definition) is 6. The number of nitrogens with zero attached hydrogens (tertiary/aromatic N) is 1. The number of benzene rings is 1. The van der Waals surface area contributed by atoms with E-state index in [1.165, 1.54) is 19.3 Å². The Morgan fingerprint density at radius 1 is 1.33 bits per heavy atom. The number of nitrogens with one attached hydrogen (secondary N) is 4. The van der Waals surface area contributed by atoms with Gasteiger partial charge in [-0.2, -0.15) is 0 Å². The number of rotatable bonds is 9. The number of ether oxygens (including phenoxy) is 2. The molecule has 3 aromatic rings. The molecule has 0 saturated heterocycles. The summed E-state index contributed by atoms with van der Waals surface area (Å²) in [6.45, 7) is 7.76. The van der Waals surface area contributed by atoms with Crippen molar-refractivity contribution in [2.75, 3.05) is 25.6 Å². The van der Waals surface area contributed by atoms with Gasteiger partial charge in [0.2, 0.25) is 5.91 Å². The normalized spacial score (nSPS) is 12.8. The van der Waals surface area contributed by atoms with Crippen molar-refractivity contribution in [3.8, 4) is 22.8 Å². The van der Waals surface area contributed by atoms with Crippen molar-refractivity contribution in [2.24, 2.45) is 0 Å². The van der Waals surface area contributed by atoms with E-state index < -0.39 is 11.4 Å². The minimum absolute atomic E-state index is 0.0283. The number of amides is 2. The van der Waals surface area contributed by atoms with Gasteiger partial charge in [0.15, 0.2) is 11.6 Å². The molecule has 3 heterocycles. The van der Waals surface area contributed by atoms with Gasteiger partial charge in [0.05, 0.1) is 41.5 Å². The highest BCUT2D eigenvalue weighted by Gasteiger charge is 2.29. The highest BCUT2D eigenvalue weighted by molar-refractivity contribution is 6.06. The maximum atomic E-state index is 14.4. The Balaban J connectivity index is 1.76. The molecule has 0 saturated carbocycles. The second-order valence-electron chi connectivity index (χ2n) is 8.92. The average Bonchev–Trinajstić information content (AvgIpc) is 3.22. The Morgan fingerprint density at radius 3 is 2.89 bits per heavy atom. The highest BCUT2D eigenvalue weighted by atomic mass is 19.1. The van der Waals surface area contributed by atoms with Gasteiger partial charge in [-0.1, -0.05) is 12.6 Å². The van der Waals surface area contributed by atoms with E-state index in [2.05, 4.69) is 32.5 Å². The van der Waals surface area contributed by atoms with E-state index in [1.807, 2.05) is 13.8 Å². The molecule has 0 atom stereocenters. The lowest BCUT2D eigenvalue weighted by Gasteiger charge is -2.26. The molecule has 1 aromatic carbocycles. The summed E-state index contributed by atoms with van der Waals surface area (Å²) in [5, 5.41) is 8.88. The molecule has 1 aliphatic heterocycles. The summed E-state index contributed by atoms with van der Waals surface area (Å²) in [7, 11) is 1.38. The van der Waals surface area contributed by atoms with Crippen LogP contribution in [0.2, 0.25) is 0 Å². The molecule has 10 heteroatoms. The standard InChI is InChI=1S/C26H28FN5O4/c1-5-20(33)32-26(2,3)14-36-19-13-28-11-9-15(19)22-23(21-17(30-22)10-12-29-25(21)34)31-18-8-6-7-16(27)24(18)35-4/h5-9,11,13,30-31H,1,10,12,14H2,2-4H3,(H,29,34)(H,32,33). The number of pyridine rings is 1. The van der Waals surface area contributed by atoms with Crippen LogP contribution in [0, 0.1) is 5.82 Å². The molecule has 0 aliphatic carbocycles. The van der Waals surface area contributed by atoms with Crippen molar-refractivity contribution in [2.45, 2.75) is 25.8 Å². The van der Waals surface area contributed by atoms with Gasteiger partial charge >= 0.3 is 0 Å². The lowest BCUT2D eigenvalue weighted by Crippen LogP contribution is -2.47. The second kappa shape index (κ2) is 10.1. The van der Waals surface area contributed by atoms with Gasteiger partial charge in [0.1, 0.15) is 12.4 Å². The zero-order valence-electron chi connectivity index (χ0n) is 20.3. The number of carbonyl (C=O) groups excluding carboxylic acids is 2. The molecule has 4 rings (SSSR count). The van der Waals surface area contributed by atoms with Crippen molar-refractivity contribution in [3.63, 3.8) is 0 Å². The first-order chi connectivity index (χ1) is 17.2. The molecule has 0 unspecified atom stereocenters. The van der Waals surface area contributed by atoms with Crippen LogP contribution in [-0.4, -0.2) is 47.6 Å². The smallest absolute Gasteiger partial charge is 0.255 e. The van der Waals surface area contributed by atoms with Gasteiger partial charge in [0.25, 0.3) is 5.91 Å². The van der Waals surface area contributed by atoms with Crippen LogP contribution in [0.4, 0.5) is 15.8 Å². The van der Waals surface area contributed by atoms with Crippen LogP contribution in [0.5, 0.6) is 11.5 Å². The SMILES string of the molecule is C=CC(=O)NC(C)(C)COc1cnccc1-c1[nH]c2c(c1Nc1cccc(F)c1OC)C(=O)NCC2. The van der Waals surface area contributed by atoms with E-state index in [0.717, 1.165) is 5.69 Å². The molecular formula is C26H28FN5O4. The maximum Gasteiger partial charge on any atom is 0.255 e. The lowest BCUT2D eigenvalue weighted by molar-refractivity contribution is -0.118. The summed E-state index contributed by atoms with van der Waals surface area (Å²) in [4.78, 5) is 32.2. The summed E-state index contributed by atoms with van der Waals surface area (Å²) in [6, 6.07) is 6.28. The molecule has 2 amide bonds. The molecule has 1 aliphatic rings. The summed E-state index contributed by atoms with van der Waals surface area (Å²) in [6.07, 6.45) is 4.97. The van der Waals surface area contributed by atoms with Gasteiger partial charge in [0, 0.05) is 30.4 Å². The average molecular weight is 494 g/mol. The molecule has 0 fully saturated rings. The lowest BCUT2D eigenvalue weighted by atomic mass is 10.0. The minimum Gasteiger partial charge on any atom is -0.492 e. The van der Waals surface area contributed by atoms with Gasteiger partial charge in [-0.3, -0.25) is 14.6 Å². The third-order valence-electron chi connectivity index (χ3n) is 5.69. The number of anilines is 2. The number of para-hydroxylation sites is 1. The van der Waals surface area contributed by atoms with E-state index in [9.17, 15) is 14.0 Å². The summed E-state index contributed by atoms with van der Waals surface area (Å²) in [5.41, 5.74) is 2.52. The Morgan fingerprint density at radius 2 is 2.14 bits per heavy atom. The predicted molar refractivity (Wildman–Crippen MR) is 134 cm³/mol. The Kier molecular flexibility index (Phi) is 6.96. The Bertz CT molecular complexity index is 1320.